The number of nitrogens with one attached hydrogen (secondary N) is 2. The zero-order valence-electron chi connectivity index (χ0n) is 11.9. The molecule has 2 aliphatic rings. The van der Waals surface area contributed by atoms with Crippen molar-refractivity contribution in [3.8, 4) is 0 Å². The van der Waals surface area contributed by atoms with Crippen molar-refractivity contribution >= 4 is 16.6 Å². The van der Waals surface area contributed by atoms with Crippen molar-refractivity contribution in [2.45, 2.75) is 44.8 Å². The van der Waals surface area contributed by atoms with Gasteiger partial charge in [-0.3, -0.25) is 5.10 Å². The van der Waals surface area contributed by atoms with Crippen molar-refractivity contribution in [2.24, 2.45) is 5.41 Å². The van der Waals surface area contributed by atoms with Gasteiger partial charge in [-0.1, -0.05) is 6.42 Å². The molecule has 0 bridgehead atoms. The lowest BCUT2D eigenvalue weighted by Crippen LogP contribution is -2.64. The fourth-order valence-corrected chi connectivity index (χ4v) is 3.87. The zero-order chi connectivity index (χ0) is 13.6. The summed E-state index contributed by atoms with van der Waals surface area (Å²) in [4.78, 5) is 0. The molecule has 2 unspecified atom stereocenters. The predicted octanol–water partition coefficient (Wildman–Crippen LogP) is 3.32. The van der Waals surface area contributed by atoms with E-state index in [1.54, 1.807) is 0 Å². The highest BCUT2D eigenvalue weighted by molar-refractivity contribution is 5.81. The number of hydrogen-bond donors (Lipinski definition) is 2. The monoisotopic (exact) mass is 271 g/mol. The second-order valence-corrected chi connectivity index (χ2v) is 6.14. The van der Waals surface area contributed by atoms with Gasteiger partial charge in [0.2, 0.25) is 0 Å². The Labute approximate surface area is 118 Å². The van der Waals surface area contributed by atoms with E-state index in [4.69, 9.17) is 4.74 Å². The van der Waals surface area contributed by atoms with Gasteiger partial charge in [0.25, 0.3) is 0 Å². The maximum atomic E-state index is 5.91. The molecule has 4 heteroatoms. The van der Waals surface area contributed by atoms with Crippen LogP contribution < -0.4 is 5.32 Å². The number of fused-ring (bicyclic) bond motifs is 1. The van der Waals surface area contributed by atoms with Gasteiger partial charge < -0.3 is 10.1 Å². The summed E-state index contributed by atoms with van der Waals surface area (Å²) in [6.45, 7) is 2.93. The van der Waals surface area contributed by atoms with Gasteiger partial charge in [-0.25, -0.2) is 0 Å². The van der Waals surface area contributed by atoms with E-state index in [2.05, 4.69) is 40.6 Å². The van der Waals surface area contributed by atoms with Crippen LogP contribution in [0.1, 0.15) is 32.6 Å². The lowest BCUT2D eigenvalue weighted by Gasteiger charge is -2.61. The van der Waals surface area contributed by atoms with Crippen molar-refractivity contribution in [2.75, 3.05) is 11.9 Å². The molecule has 2 N–H and O–H groups in total. The first kappa shape index (κ1) is 12.2. The summed E-state index contributed by atoms with van der Waals surface area (Å²) in [5, 5.41) is 12.0. The topological polar surface area (TPSA) is 49.9 Å². The van der Waals surface area contributed by atoms with Gasteiger partial charge in [-0.2, -0.15) is 5.10 Å². The quantitative estimate of drug-likeness (QED) is 0.897. The average molecular weight is 271 g/mol. The molecule has 0 amide bonds. The van der Waals surface area contributed by atoms with Gasteiger partial charge in [0, 0.05) is 29.1 Å². The third kappa shape index (κ3) is 1.67. The normalized spacial score (nSPS) is 27.2. The first-order chi connectivity index (χ1) is 9.82. The van der Waals surface area contributed by atoms with Crippen LogP contribution in [0, 0.1) is 5.41 Å². The van der Waals surface area contributed by atoms with Crippen LogP contribution in [-0.2, 0) is 4.74 Å². The molecular weight excluding hydrogens is 250 g/mol. The molecule has 2 aliphatic carbocycles. The second kappa shape index (κ2) is 4.48. The van der Waals surface area contributed by atoms with E-state index in [1.807, 2.05) is 6.20 Å². The number of benzene rings is 1. The Morgan fingerprint density at radius 1 is 1.45 bits per heavy atom. The predicted molar refractivity (Wildman–Crippen MR) is 79.8 cm³/mol. The molecule has 106 valence electrons. The Morgan fingerprint density at radius 3 is 3.10 bits per heavy atom. The Morgan fingerprint density at radius 2 is 2.35 bits per heavy atom. The first-order valence-corrected chi connectivity index (χ1v) is 7.63. The van der Waals surface area contributed by atoms with Crippen LogP contribution in [0.4, 0.5) is 5.69 Å². The van der Waals surface area contributed by atoms with E-state index in [9.17, 15) is 0 Å². The van der Waals surface area contributed by atoms with Crippen LogP contribution in [0.15, 0.2) is 24.4 Å². The van der Waals surface area contributed by atoms with E-state index in [0.29, 0.717) is 17.6 Å². The minimum Gasteiger partial charge on any atom is -0.381 e. The first-order valence-electron chi connectivity index (χ1n) is 7.63. The van der Waals surface area contributed by atoms with E-state index in [1.165, 1.54) is 24.9 Å². The Hall–Kier alpha value is -1.55. The number of nitrogens with zero attached hydrogens (tertiary/aromatic N) is 1. The number of anilines is 1. The standard InChI is InChI=1S/C16H21N3O/c1-2-20-15-9-14(16(15)6-3-7-16)18-12-5-4-11-10-17-19-13(11)8-12/h4-5,8,10,14-15,18H,2-3,6-7,9H2,1H3,(H,17,19). The maximum Gasteiger partial charge on any atom is 0.0670 e. The minimum absolute atomic E-state index is 0.402. The smallest absolute Gasteiger partial charge is 0.0670 e. The lowest BCUT2D eigenvalue weighted by molar-refractivity contribution is -0.157. The van der Waals surface area contributed by atoms with Crippen molar-refractivity contribution in [1.82, 2.24) is 10.2 Å². The molecule has 4 nitrogen and oxygen atoms in total. The molecule has 0 saturated heterocycles. The summed E-state index contributed by atoms with van der Waals surface area (Å²) in [6.07, 6.45) is 7.43. The van der Waals surface area contributed by atoms with Crippen molar-refractivity contribution in [3.05, 3.63) is 24.4 Å². The van der Waals surface area contributed by atoms with Crippen molar-refractivity contribution in [3.63, 3.8) is 0 Å². The number of rotatable bonds is 4. The highest BCUT2D eigenvalue weighted by atomic mass is 16.5. The third-order valence-corrected chi connectivity index (χ3v) is 5.22. The van der Waals surface area contributed by atoms with Crippen LogP contribution >= 0.6 is 0 Å². The number of aromatic nitrogens is 2. The van der Waals surface area contributed by atoms with Crippen LogP contribution in [0.3, 0.4) is 0 Å². The fourth-order valence-electron chi connectivity index (χ4n) is 3.87. The number of ether oxygens (including phenoxy) is 1. The second-order valence-electron chi connectivity index (χ2n) is 6.14. The Balaban J connectivity index is 1.51. The number of H-pyrrole nitrogens is 1. The van der Waals surface area contributed by atoms with E-state index in [0.717, 1.165) is 23.9 Å². The van der Waals surface area contributed by atoms with E-state index in [-0.39, 0.29) is 0 Å². The largest absolute Gasteiger partial charge is 0.381 e. The van der Waals surface area contributed by atoms with Crippen LogP contribution in [-0.4, -0.2) is 29.0 Å². The van der Waals surface area contributed by atoms with Crippen molar-refractivity contribution in [1.29, 1.82) is 0 Å². The molecule has 1 heterocycles. The number of hydrogen-bond acceptors (Lipinski definition) is 3. The summed E-state index contributed by atoms with van der Waals surface area (Å²) in [5.41, 5.74) is 2.69. The molecule has 2 aromatic rings. The van der Waals surface area contributed by atoms with Gasteiger partial charge in [0.1, 0.15) is 0 Å². The van der Waals surface area contributed by atoms with Gasteiger partial charge >= 0.3 is 0 Å². The average Bonchev–Trinajstić information content (AvgIpc) is 2.82. The Bertz CT molecular complexity index is 617. The summed E-state index contributed by atoms with van der Waals surface area (Å²) in [7, 11) is 0. The van der Waals surface area contributed by atoms with Gasteiger partial charge in [0.15, 0.2) is 0 Å². The van der Waals surface area contributed by atoms with E-state index >= 15 is 0 Å². The Kier molecular flexibility index (Phi) is 2.74. The highest BCUT2D eigenvalue weighted by Gasteiger charge is 2.58. The molecule has 20 heavy (non-hydrogen) atoms. The lowest BCUT2D eigenvalue weighted by atomic mass is 9.51. The number of aromatic amines is 1. The van der Waals surface area contributed by atoms with Crippen molar-refractivity contribution < 1.29 is 4.74 Å². The molecule has 2 fully saturated rings. The summed E-state index contributed by atoms with van der Waals surface area (Å²) >= 11 is 0. The summed E-state index contributed by atoms with van der Waals surface area (Å²) < 4.78 is 5.91. The molecule has 0 aliphatic heterocycles. The molecular formula is C16H21N3O. The highest BCUT2D eigenvalue weighted by Crippen LogP contribution is 2.58. The molecule has 1 aromatic carbocycles. The SMILES string of the molecule is CCOC1CC(Nc2ccc3cn[nH]c3c2)C12CCC2. The van der Waals surface area contributed by atoms with Gasteiger partial charge in [0.05, 0.1) is 17.8 Å². The molecule has 4 rings (SSSR count). The van der Waals surface area contributed by atoms with Gasteiger partial charge in [-0.05, 0) is 44.4 Å². The summed E-state index contributed by atoms with van der Waals surface area (Å²) in [6, 6.07) is 6.99. The van der Waals surface area contributed by atoms with Crippen LogP contribution in [0.5, 0.6) is 0 Å². The third-order valence-electron chi connectivity index (χ3n) is 5.22. The maximum absolute atomic E-state index is 5.91. The van der Waals surface area contributed by atoms with E-state index < -0.39 is 0 Å². The molecule has 2 atom stereocenters. The van der Waals surface area contributed by atoms with Gasteiger partial charge in [-0.15, -0.1) is 0 Å². The molecule has 2 saturated carbocycles. The zero-order valence-corrected chi connectivity index (χ0v) is 11.9. The molecule has 1 aromatic heterocycles. The van der Waals surface area contributed by atoms with Crippen LogP contribution in [0.25, 0.3) is 10.9 Å². The molecule has 0 radical (unpaired) electrons. The summed E-state index contributed by atoms with van der Waals surface area (Å²) in [5.74, 6) is 0. The van der Waals surface area contributed by atoms with Crippen LogP contribution in [0.2, 0.25) is 0 Å². The fraction of sp³-hybridized carbons (Fsp3) is 0.562. The molecule has 1 spiro atoms. The minimum atomic E-state index is 0.402.